The van der Waals surface area contributed by atoms with Crippen LogP contribution in [-0.2, 0) is 9.53 Å². The number of carbonyl (C=O) groups excluding carboxylic acids is 2. The Balaban J connectivity index is 1.86. The molecule has 1 aliphatic carbocycles. The van der Waals surface area contributed by atoms with Crippen molar-refractivity contribution in [2.75, 3.05) is 0 Å². The molecule has 7 heteroatoms. The third kappa shape index (κ3) is 4.00. The molecule has 0 radical (unpaired) electrons. The van der Waals surface area contributed by atoms with Crippen molar-refractivity contribution >= 4 is 17.6 Å². The number of benzene rings is 2. The van der Waals surface area contributed by atoms with Gasteiger partial charge in [0.05, 0.1) is 4.92 Å². The normalized spacial score (nSPS) is 14.4. The van der Waals surface area contributed by atoms with Crippen molar-refractivity contribution in [2.24, 2.45) is 0 Å². The van der Waals surface area contributed by atoms with Crippen molar-refractivity contribution < 1.29 is 19.2 Å². The van der Waals surface area contributed by atoms with E-state index in [0.29, 0.717) is 5.56 Å². The van der Waals surface area contributed by atoms with Gasteiger partial charge in [-0.2, -0.15) is 0 Å². The van der Waals surface area contributed by atoms with Crippen LogP contribution in [0.25, 0.3) is 0 Å². The molecule has 1 saturated carbocycles. The molecule has 25 heavy (non-hydrogen) atoms. The maximum absolute atomic E-state index is 12.5. The molecule has 0 heterocycles. The van der Waals surface area contributed by atoms with Gasteiger partial charge in [-0.3, -0.25) is 14.9 Å². The Morgan fingerprint density at radius 2 is 1.72 bits per heavy atom. The van der Waals surface area contributed by atoms with E-state index in [4.69, 9.17) is 4.74 Å². The van der Waals surface area contributed by atoms with E-state index in [1.165, 1.54) is 24.3 Å². The lowest BCUT2D eigenvalue weighted by molar-refractivity contribution is -0.385. The number of nitrogens with one attached hydrogen (secondary N) is 1. The highest BCUT2D eigenvalue weighted by Crippen LogP contribution is 2.26. The van der Waals surface area contributed by atoms with Gasteiger partial charge in [-0.1, -0.05) is 42.5 Å². The number of hydrogen-bond donors (Lipinski definition) is 1. The molecular weight excluding hydrogens is 324 g/mol. The standard InChI is InChI=1S/C18H16N2O5/c21-17(19-13-10-11-13)16(12-6-2-1-3-7-12)25-18(22)14-8-4-5-9-15(14)20(23)24/h1-9,13,16H,10-11H2,(H,19,21). The van der Waals surface area contributed by atoms with Gasteiger partial charge in [-0.15, -0.1) is 0 Å². The minimum Gasteiger partial charge on any atom is -0.444 e. The van der Waals surface area contributed by atoms with E-state index in [1.54, 1.807) is 30.3 Å². The topological polar surface area (TPSA) is 98.5 Å². The molecule has 1 amide bonds. The summed E-state index contributed by atoms with van der Waals surface area (Å²) in [5.74, 6) is -1.34. The van der Waals surface area contributed by atoms with Gasteiger partial charge >= 0.3 is 5.97 Å². The summed E-state index contributed by atoms with van der Waals surface area (Å²) in [5.41, 5.74) is -0.0397. The van der Waals surface area contributed by atoms with E-state index < -0.39 is 22.9 Å². The molecule has 1 N–H and O–H groups in total. The van der Waals surface area contributed by atoms with Gasteiger partial charge in [0.15, 0.2) is 0 Å². The van der Waals surface area contributed by atoms with Gasteiger partial charge in [0.25, 0.3) is 11.6 Å². The Bertz CT molecular complexity index is 802. The fraction of sp³-hybridized carbons (Fsp3) is 0.222. The van der Waals surface area contributed by atoms with Gasteiger partial charge in [0.2, 0.25) is 6.10 Å². The molecule has 0 spiro atoms. The van der Waals surface area contributed by atoms with Crippen LogP contribution in [0.2, 0.25) is 0 Å². The Labute approximate surface area is 143 Å². The largest absolute Gasteiger partial charge is 0.444 e. The third-order valence-corrected chi connectivity index (χ3v) is 3.81. The van der Waals surface area contributed by atoms with Crippen molar-refractivity contribution in [3.8, 4) is 0 Å². The molecule has 0 bridgehead atoms. The van der Waals surface area contributed by atoms with Crippen molar-refractivity contribution in [1.29, 1.82) is 0 Å². The van der Waals surface area contributed by atoms with Crippen molar-refractivity contribution in [1.82, 2.24) is 5.32 Å². The zero-order valence-electron chi connectivity index (χ0n) is 13.3. The maximum atomic E-state index is 12.5. The summed E-state index contributed by atoms with van der Waals surface area (Å²) in [6.45, 7) is 0. The van der Waals surface area contributed by atoms with Crippen LogP contribution in [0.1, 0.15) is 34.9 Å². The lowest BCUT2D eigenvalue weighted by Crippen LogP contribution is -2.33. The SMILES string of the molecule is O=C(OC(C(=O)NC1CC1)c1ccccc1)c1ccccc1[N+](=O)[O-]. The lowest BCUT2D eigenvalue weighted by atomic mass is 10.1. The quantitative estimate of drug-likeness (QED) is 0.495. The average Bonchev–Trinajstić information content (AvgIpc) is 3.44. The third-order valence-electron chi connectivity index (χ3n) is 3.81. The number of hydrogen-bond acceptors (Lipinski definition) is 5. The molecule has 2 aromatic carbocycles. The minimum absolute atomic E-state index is 0.100. The second kappa shape index (κ2) is 7.12. The van der Waals surface area contributed by atoms with Gasteiger partial charge < -0.3 is 10.1 Å². The number of amides is 1. The molecule has 2 aromatic rings. The Hall–Kier alpha value is -3.22. The highest BCUT2D eigenvalue weighted by Gasteiger charge is 2.32. The number of ether oxygens (including phenoxy) is 1. The number of nitrogens with zero attached hydrogens (tertiary/aromatic N) is 1. The first-order chi connectivity index (χ1) is 12.1. The average molecular weight is 340 g/mol. The zero-order chi connectivity index (χ0) is 17.8. The predicted molar refractivity (Wildman–Crippen MR) is 88.9 cm³/mol. The van der Waals surface area contributed by atoms with Crippen LogP contribution < -0.4 is 5.32 Å². The van der Waals surface area contributed by atoms with Crippen molar-refractivity contribution in [3.05, 3.63) is 75.8 Å². The van der Waals surface area contributed by atoms with E-state index in [9.17, 15) is 19.7 Å². The number of nitro groups is 1. The first-order valence-corrected chi connectivity index (χ1v) is 7.86. The number of rotatable bonds is 6. The second-order valence-corrected chi connectivity index (χ2v) is 5.75. The zero-order valence-corrected chi connectivity index (χ0v) is 13.3. The summed E-state index contributed by atoms with van der Waals surface area (Å²) in [4.78, 5) is 35.3. The van der Waals surface area contributed by atoms with E-state index in [1.807, 2.05) is 0 Å². The van der Waals surface area contributed by atoms with Crippen LogP contribution in [0, 0.1) is 10.1 Å². The first kappa shape index (κ1) is 16.6. The highest BCUT2D eigenvalue weighted by atomic mass is 16.6. The van der Waals surface area contributed by atoms with Crippen LogP contribution in [0.3, 0.4) is 0 Å². The Kier molecular flexibility index (Phi) is 4.74. The second-order valence-electron chi connectivity index (χ2n) is 5.75. The fourth-order valence-corrected chi connectivity index (χ4v) is 2.38. The molecule has 1 fully saturated rings. The minimum atomic E-state index is -1.16. The lowest BCUT2D eigenvalue weighted by Gasteiger charge is -2.18. The van der Waals surface area contributed by atoms with Gasteiger partial charge in [0, 0.05) is 17.7 Å². The molecular formula is C18H16N2O5. The van der Waals surface area contributed by atoms with Gasteiger partial charge in [-0.05, 0) is 18.9 Å². The van der Waals surface area contributed by atoms with E-state index >= 15 is 0 Å². The number of para-hydroxylation sites is 1. The molecule has 0 saturated heterocycles. The molecule has 1 atom stereocenters. The molecule has 0 aromatic heterocycles. The Morgan fingerprint density at radius 1 is 1.08 bits per heavy atom. The monoisotopic (exact) mass is 340 g/mol. The number of nitro benzene ring substituents is 1. The molecule has 7 nitrogen and oxygen atoms in total. The van der Waals surface area contributed by atoms with Crippen molar-refractivity contribution in [2.45, 2.75) is 25.0 Å². The van der Waals surface area contributed by atoms with Crippen LogP contribution in [0.15, 0.2) is 54.6 Å². The summed E-state index contributed by atoms with van der Waals surface area (Å²) in [6, 6.07) is 14.2. The molecule has 128 valence electrons. The maximum Gasteiger partial charge on any atom is 0.346 e. The molecule has 0 aliphatic heterocycles. The van der Waals surface area contributed by atoms with Crippen LogP contribution in [0.4, 0.5) is 5.69 Å². The van der Waals surface area contributed by atoms with Gasteiger partial charge in [0.1, 0.15) is 5.56 Å². The highest BCUT2D eigenvalue weighted by molar-refractivity contribution is 5.96. The van der Waals surface area contributed by atoms with Crippen LogP contribution in [0.5, 0.6) is 0 Å². The smallest absolute Gasteiger partial charge is 0.346 e. The van der Waals surface area contributed by atoms with Crippen molar-refractivity contribution in [3.63, 3.8) is 0 Å². The Morgan fingerprint density at radius 3 is 2.36 bits per heavy atom. The fourth-order valence-electron chi connectivity index (χ4n) is 2.38. The summed E-state index contributed by atoms with van der Waals surface area (Å²) in [5, 5.41) is 13.9. The van der Waals surface area contributed by atoms with E-state index in [2.05, 4.69) is 5.32 Å². The summed E-state index contributed by atoms with van der Waals surface area (Å²) >= 11 is 0. The van der Waals surface area contributed by atoms with Gasteiger partial charge in [-0.25, -0.2) is 4.79 Å². The molecule has 1 unspecified atom stereocenters. The van der Waals surface area contributed by atoms with Crippen LogP contribution in [-0.4, -0.2) is 22.8 Å². The first-order valence-electron chi connectivity index (χ1n) is 7.86. The summed E-state index contributed by atoms with van der Waals surface area (Å²) in [7, 11) is 0. The van der Waals surface area contributed by atoms with E-state index in [0.717, 1.165) is 12.8 Å². The number of carbonyl (C=O) groups is 2. The predicted octanol–water partition coefficient (Wildman–Crippen LogP) is 2.77. The number of esters is 1. The summed E-state index contributed by atoms with van der Waals surface area (Å²) < 4.78 is 5.35. The van der Waals surface area contributed by atoms with Crippen LogP contribution >= 0.6 is 0 Å². The van der Waals surface area contributed by atoms with E-state index in [-0.39, 0.29) is 17.3 Å². The molecule has 3 rings (SSSR count). The molecule has 1 aliphatic rings. The summed E-state index contributed by atoms with van der Waals surface area (Å²) in [6.07, 6.45) is 0.630.